The molecule has 0 spiro atoms. The third-order valence-corrected chi connectivity index (χ3v) is 17.2. The molecule has 0 saturated carbocycles. The Kier molecular flexibility index (Phi) is 58.7. The van der Waals surface area contributed by atoms with Gasteiger partial charge in [-0.15, -0.1) is 0 Å². The van der Waals surface area contributed by atoms with Gasteiger partial charge in [0, 0.05) is 6.42 Å². The number of aliphatic hydroxyl groups excluding tert-OH is 5. The number of carbonyl (C=O) groups is 2. The van der Waals surface area contributed by atoms with Crippen LogP contribution in [0.4, 0.5) is 0 Å². The lowest BCUT2D eigenvalue weighted by molar-refractivity contribution is -0.305. The van der Waals surface area contributed by atoms with Crippen molar-refractivity contribution in [3.05, 3.63) is 48.6 Å². The van der Waals surface area contributed by atoms with Crippen molar-refractivity contribution in [2.24, 2.45) is 0 Å². The molecule has 1 amide bonds. The highest BCUT2D eigenvalue weighted by atomic mass is 16.7. The first kappa shape index (κ1) is 80.6. The Balaban J connectivity index is 2.52. The molecule has 8 atom stereocenters. The van der Waals surface area contributed by atoms with E-state index in [2.05, 4.69) is 62.5 Å². The average molecular weight is 1200 g/mol. The number of nitrogens with one attached hydrogen (secondary N) is 1. The summed E-state index contributed by atoms with van der Waals surface area (Å²) in [7, 11) is 0. The summed E-state index contributed by atoms with van der Waals surface area (Å²) in [5.41, 5.74) is 0. The smallest absolute Gasteiger partial charge is 0.306 e. The van der Waals surface area contributed by atoms with Crippen molar-refractivity contribution in [2.75, 3.05) is 13.2 Å². The minimum atomic E-state index is -1.61. The van der Waals surface area contributed by atoms with Gasteiger partial charge in [0.25, 0.3) is 0 Å². The van der Waals surface area contributed by atoms with E-state index >= 15 is 0 Å². The zero-order valence-electron chi connectivity index (χ0n) is 55.5. The number of aliphatic hydroxyl groups is 5. The molecule has 11 nitrogen and oxygen atoms in total. The molecule has 11 heteroatoms. The number of ether oxygens (including phenoxy) is 3. The van der Waals surface area contributed by atoms with Crippen molar-refractivity contribution in [3.63, 3.8) is 0 Å². The van der Waals surface area contributed by atoms with E-state index in [4.69, 9.17) is 14.2 Å². The molecule has 0 aromatic carbocycles. The molecule has 1 heterocycles. The molecule has 1 aliphatic rings. The van der Waals surface area contributed by atoms with Crippen molar-refractivity contribution in [1.29, 1.82) is 0 Å². The van der Waals surface area contributed by atoms with E-state index in [-0.39, 0.29) is 13.0 Å². The summed E-state index contributed by atoms with van der Waals surface area (Å²) < 4.78 is 17.7. The monoisotopic (exact) mass is 1200 g/mol. The van der Waals surface area contributed by atoms with Crippen LogP contribution in [0.15, 0.2) is 48.6 Å². The second-order valence-corrected chi connectivity index (χ2v) is 25.3. The van der Waals surface area contributed by atoms with Gasteiger partial charge in [0.05, 0.1) is 25.4 Å². The topological polar surface area (TPSA) is 175 Å². The predicted octanol–water partition coefficient (Wildman–Crippen LogP) is 18.7. The molecule has 0 aromatic heterocycles. The van der Waals surface area contributed by atoms with Gasteiger partial charge < -0.3 is 45.1 Å². The van der Waals surface area contributed by atoms with Crippen LogP contribution >= 0.6 is 0 Å². The molecule has 0 bridgehead atoms. The van der Waals surface area contributed by atoms with Gasteiger partial charge in [-0.2, -0.15) is 0 Å². The molecule has 8 unspecified atom stereocenters. The zero-order chi connectivity index (χ0) is 61.7. The van der Waals surface area contributed by atoms with E-state index in [9.17, 15) is 35.1 Å². The van der Waals surface area contributed by atoms with Gasteiger partial charge >= 0.3 is 5.97 Å². The van der Waals surface area contributed by atoms with Gasteiger partial charge in [-0.3, -0.25) is 9.59 Å². The van der Waals surface area contributed by atoms with Crippen LogP contribution in [0.2, 0.25) is 0 Å². The number of hydrogen-bond acceptors (Lipinski definition) is 10. The molecule has 1 fully saturated rings. The van der Waals surface area contributed by atoms with Crippen molar-refractivity contribution in [3.8, 4) is 0 Å². The maximum atomic E-state index is 13.5. The standard InChI is InChI=1S/C74H137NO10/c1-4-7-10-13-16-19-22-24-26-28-30-31-32-33-34-35-36-38-39-41-43-46-49-52-55-58-61-67(78)73(82)75-65(66(77)60-57-54-51-48-45-21-18-15-12-9-6-3)64-83-74-72(71(81)70(80)68(63-76)84-74)85-69(79)62-59-56-53-50-47-44-42-40-37-29-27-25-23-20-17-14-11-8-5-2/h17,20,24-27,57,60,65-68,70-72,74,76-78,80-81H,4-16,18-19,21-23,28-56,58-59,61-64H2,1-3H3,(H,75,82)/b20-17-,26-24+,27-25-,60-57+. The first-order valence-electron chi connectivity index (χ1n) is 36.4. The van der Waals surface area contributed by atoms with Gasteiger partial charge in [0.1, 0.15) is 24.4 Å². The Hall–Kier alpha value is -2.38. The van der Waals surface area contributed by atoms with Gasteiger partial charge in [0.15, 0.2) is 12.4 Å². The highest BCUT2D eigenvalue weighted by Gasteiger charge is 2.47. The molecule has 0 aliphatic carbocycles. The SMILES string of the molecule is CCCCC/C=C\C/C=C\CCCCCCCCCCCC(=O)OC1C(OCC(NC(=O)C(O)CCCCCCCCCCCCCCCCCC/C=C/CCCCCCCC)C(O)/C=C/CCCCCCCCCCC)OC(CO)C(O)C1O. The highest BCUT2D eigenvalue weighted by molar-refractivity contribution is 5.80. The summed E-state index contributed by atoms with van der Waals surface area (Å²) in [6, 6.07) is -1.02. The number of esters is 1. The van der Waals surface area contributed by atoms with Crippen molar-refractivity contribution in [1.82, 2.24) is 5.32 Å². The van der Waals surface area contributed by atoms with Crippen LogP contribution in [-0.2, 0) is 23.8 Å². The first-order valence-corrected chi connectivity index (χ1v) is 36.4. The molecule has 85 heavy (non-hydrogen) atoms. The summed E-state index contributed by atoms with van der Waals surface area (Å²) in [6.07, 6.45) is 67.3. The van der Waals surface area contributed by atoms with E-state index in [0.717, 1.165) is 70.6 Å². The fraction of sp³-hybridized carbons (Fsp3) is 0.865. The third kappa shape index (κ3) is 49.1. The van der Waals surface area contributed by atoms with Crippen molar-refractivity contribution >= 4 is 11.9 Å². The lowest BCUT2D eigenvalue weighted by Gasteiger charge is -2.41. The number of rotatable bonds is 63. The maximum Gasteiger partial charge on any atom is 0.306 e. The fourth-order valence-electron chi connectivity index (χ4n) is 11.4. The fourth-order valence-corrected chi connectivity index (χ4v) is 11.4. The van der Waals surface area contributed by atoms with Gasteiger partial charge in [0.2, 0.25) is 5.91 Å². The molecule has 0 aromatic rings. The van der Waals surface area contributed by atoms with Crippen LogP contribution in [0, 0.1) is 0 Å². The van der Waals surface area contributed by atoms with Crippen molar-refractivity contribution in [2.45, 2.75) is 397 Å². The van der Waals surface area contributed by atoms with E-state index < -0.39 is 67.4 Å². The number of allylic oxidation sites excluding steroid dienone is 7. The lowest BCUT2D eigenvalue weighted by atomic mass is 9.99. The summed E-state index contributed by atoms with van der Waals surface area (Å²) in [6.45, 7) is 5.80. The Bertz CT molecular complexity index is 1570. The van der Waals surface area contributed by atoms with Gasteiger partial charge in [-0.1, -0.05) is 307 Å². The summed E-state index contributed by atoms with van der Waals surface area (Å²) in [5.74, 6) is -1.19. The third-order valence-electron chi connectivity index (χ3n) is 17.2. The molecule has 0 radical (unpaired) electrons. The first-order chi connectivity index (χ1) is 41.7. The Labute approximate surface area is 523 Å². The molecular formula is C74H137NO10. The average Bonchev–Trinajstić information content (AvgIpc) is 2.90. The largest absolute Gasteiger partial charge is 0.454 e. The zero-order valence-corrected chi connectivity index (χ0v) is 55.5. The minimum absolute atomic E-state index is 0.120. The van der Waals surface area contributed by atoms with Crippen LogP contribution in [0.3, 0.4) is 0 Å². The Morgan fingerprint density at radius 1 is 0.459 bits per heavy atom. The summed E-state index contributed by atoms with van der Waals surface area (Å²) in [5, 5.41) is 57.2. The lowest BCUT2D eigenvalue weighted by Crippen LogP contribution is -2.61. The predicted molar refractivity (Wildman–Crippen MR) is 357 cm³/mol. The molecule has 498 valence electrons. The van der Waals surface area contributed by atoms with Crippen LogP contribution in [0.25, 0.3) is 0 Å². The second kappa shape index (κ2) is 61.8. The van der Waals surface area contributed by atoms with E-state index in [1.807, 2.05) is 6.08 Å². The number of unbranched alkanes of at least 4 members (excludes halogenated alkanes) is 43. The quantitative estimate of drug-likeness (QED) is 0.0195. The Morgan fingerprint density at radius 3 is 1.24 bits per heavy atom. The van der Waals surface area contributed by atoms with Gasteiger partial charge in [-0.25, -0.2) is 0 Å². The number of carbonyl (C=O) groups excluding carboxylic acids is 2. The van der Waals surface area contributed by atoms with Crippen LogP contribution < -0.4 is 5.32 Å². The van der Waals surface area contributed by atoms with Crippen LogP contribution in [0.5, 0.6) is 0 Å². The Morgan fingerprint density at radius 2 is 0.812 bits per heavy atom. The second-order valence-electron chi connectivity index (χ2n) is 25.3. The number of hydrogen-bond donors (Lipinski definition) is 6. The number of amides is 1. The van der Waals surface area contributed by atoms with E-state index in [1.165, 1.54) is 231 Å². The molecule has 1 aliphatic heterocycles. The van der Waals surface area contributed by atoms with E-state index in [0.29, 0.717) is 19.3 Å². The van der Waals surface area contributed by atoms with Gasteiger partial charge in [-0.05, 0) is 83.5 Å². The highest BCUT2D eigenvalue weighted by Crippen LogP contribution is 2.26. The van der Waals surface area contributed by atoms with Crippen LogP contribution in [0.1, 0.15) is 348 Å². The molecule has 1 rings (SSSR count). The molecular weight excluding hydrogens is 1060 g/mol. The summed E-state index contributed by atoms with van der Waals surface area (Å²) >= 11 is 0. The van der Waals surface area contributed by atoms with E-state index in [1.54, 1.807) is 6.08 Å². The molecule has 1 saturated heterocycles. The maximum absolute atomic E-state index is 13.5. The molecule has 6 N–H and O–H groups in total. The van der Waals surface area contributed by atoms with Crippen molar-refractivity contribution < 1.29 is 49.3 Å². The minimum Gasteiger partial charge on any atom is -0.454 e. The van der Waals surface area contributed by atoms with Crippen LogP contribution in [-0.4, -0.2) is 99.6 Å². The summed E-state index contributed by atoms with van der Waals surface area (Å²) in [4.78, 5) is 26.7. The normalized spacial score (nSPS) is 18.6.